The second kappa shape index (κ2) is 8.56. The predicted molar refractivity (Wildman–Crippen MR) is 128 cm³/mol. The van der Waals surface area contributed by atoms with Crippen LogP contribution in [-0.4, -0.2) is 18.8 Å². The number of fused-ring (bicyclic) bond motifs is 5. The van der Waals surface area contributed by atoms with E-state index in [1.54, 1.807) is 5.57 Å². The minimum absolute atomic E-state index is 0.0557. The van der Waals surface area contributed by atoms with Gasteiger partial charge in [0, 0.05) is 19.0 Å². The molecule has 6 atom stereocenters. The predicted octanol–water partition coefficient (Wildman–Crippen LogP) is 6.97. The summed E-state index contributed by atoms with van der Waals surface area (Å²) in [6, 6.07) is 0. The van der Waals surface area contributed by atoms with Gasteiger partial charge in [-0.05, 0) is 91.9 Å². The number of rotatable bonds is 5. The average molecular weight is 422 g/mol. The van der Waals surface area contributed by atoms with Crippen LogP contribution in [0.4, 0.5) is 0 Å². The first-order chi connectivity index (χ1) is 14.9. The zero-order chi connectivity index (χ0) is 22.2. The SMILES string of the molecule is C=NC=C(C=CC)C1=CCC2C3CC=C4CC(OC(=O)CC)CCC4(C)C3CCC12C. The highest BCUT2D eigenvalue weighted by atomic mass is 16.5. The Morgan fingerprint density at radius 1 is 1.19 bits per heavy atom. The number of allylic oxidation sites excluding steroid dienone is 6. The van der Waals surface area contributed by atoms with E-state index in [1.807, 2.05) is 13.1 Å². The van der Waals surface area contributed by atoms with Crippen LogP contribution >= 0.6 is 0 Å². The number of aliphatic imine (C=N–C) groups is 1. The fraction of sp³-hybridized carbons (Fsp3) is 0.643. The van der Waals surface area contributed by atoms with Crippen molar-refractivity contribution < 1.29 is 9.53 Å². The molecule has 31 heavy (non-hydrogen) atoms. The molecule has 0 radical (unpaired) electrons. The topological polar surface area (TPSA) is 38.7 Å². The van der Waals surface area contributed by atoms with Crippen molar-refractivity contribution in [2.45, 2.75) is 85.2 Å². The van der Waals surface area contributed by atoms with Gasteiger partial charge < -0.3 is 4.74 Å². The summed E-state index contributed by atoms with van der Waals surface area (Å²) in [5.74, 6) is 2.12. The summed E-state index contributed by atoms with van der Waals surface area (Å²) in [5.41, 5.74) is 4.78. The van der Waals surface area contributed by atoms with Gasteiger partial charge >= 0.3 is 5.97 Å². The van der Waals surface area contributed by atoms with Gasteiger partial charge in [0.1, 0.15) is 6.10 Å². The Balaban J connectivity index is 1.57. The fourth-order valence-corrected chi connectivity index (χ4v) is 7.49. The highest BCUT2D eigenvalue weighted by molar-refractivity contribution is 5.69. The molecule has 0 aromatic rings. The first kappa shape index (κ1) is 22.3. The maximum absolute atomic E-state index is 11.8. The van der Waals surface area contributed by atoms with Crippen molar-refractivity contribution in [1.82, 2.24) is 0 Å². The standard InChI is InChI=1S/C28H39NO2/c1-6-8-19(18-29-5)23-11-12-24-22-10-9-20-17-21(31-26(30)7-2)13-15-27(20,3)25(22)14-16-28(23,24)4/h6,8-9,11,18,21-22,24-25H,5,7,10,12-17H2,1-4H3. The Bertz CT molecular complexity index is 862. The molecule has 0 spiro atoms. The van der Waals surface area contributed by atoms with Crippen molar-refractivity contribution in [3.63, 3.8) is 0 Å². The molecule has 0 aliphatic heterocycles. The van der Waals surface area contributed by atoms with Crippen molar-refractivity contribution >= 4 is 12.7 Å². The molecule has 2 saturated carbocycles. The summed E-state index contributed by atoms with van der Waals surface area (Å²) in [4.78, 5) is 15.9. The molecule has 4 rings (SSSR count). The number of hydrogen-bond donors (Lipinski definition) is 0. The number of carbonyl (C=O) groups excluding carboxylic acids is 1. The third kappa shape index (κ3) is 3.68. The summed E-state index contributed by atoms with van der Waals surface area (Å²) >= 11 is 0. The largest absolute Gasteiger partial charge is 0.462 e. The monoisotopic (exact) mass is 421 g/mol. The maximum Gasteiger partial charge on any atom is 0.305 e. The molecule has 0 heterocycles. The van der Waals surface area contributed by atoms with Gasteiger partial charge in [-0.1, -0.05) is 50.6 Å². The molecule has 0 aromatic carbocycles. The summed E-state index contributed by atoms with van der Waals surface area (Å²) in [6.07, 6.45) is 19.8. The molecule has 3 heteroatoms. The molecule has 0 N–H and O–H groups in total. The van der Waals surface area contributed by atoms with E-state index >= 15 is 0 Å². The van der Waals surface area contributed by atoms with Gasteiger partial charge in [-0.25, -0.2) is 0 Å². The molecule has 4 aliphatic rings. The molecule has 3 nitrogen and oxygen atoms in total. The Morgan fingerprint density at radius 3 is 2.68 bits per heavy atom. The number of carbonyl (C=O) groups is 1. The van der Waals surface area contributed by atoms with Gasteiger partial charge in [-0.15, -0.1) is 0 Å². The minimum atomic E-state index is -0.0557. The van der Waals surface area contributed by atoms with Gasteiger partial charge in [-0.2, -0.15) is 0 Å². The van der Waals surface area contributed by atoms with Crippen LogP contribution in [0, 0.1) is 28.6 Å². The van der Waals surface area contributed by atoms with Crippen LogP contribution in [0.2, 0.25) is 0 Å². The minimum Gasteiger partial charge on any atom is -0.462 e. The second-order valence-corrected chi connectivity index (χ2v) is 10.5. The van der Waals surface area contributed by atoms with Crippen LogP contribution in [0.5, 0.6) is 0 Å². The lowest BCUT2D eigenvalue weighted by Crippen LogP contribution is -2.50. The van der Waals surface area contributed by atoms with E-state index in [1.165, 1.54) is 36.8 Å². The van der Waals surface area contributed by atoms with Crippen LogP contribution in [0.25, 0.3) is 0 Å². The van der Waals surface area contributed by atoms with Gasteiger partial charge in [-0.3, -0.25) is 9.79 Å². The van der Waals surface area contributed by atoms with Crippen LogP contribution in [0.3, 0.4) is 0 Å². The molecule has 2 fully saturated rings. The summed E-state index contributed by atoms with van der Waals surface area (Å²) in [5, 5.41) is 0. The molecular formula is C28H39NO2. The van der Waals surface area contributed by atoms with Gasteiger partial charge in [0.25, 0.3) is 0 Å². The van der Waals surface area contributed by atoms with Gasteiger partial charge in [0.2, 0.25) is 0 Å². The van der Waals surface area contributed by atoms with Crippen LogP contribution in [0.1, 0.15) is 79.1 Å². The Kier molecular flexibility index (Phi) is 6.16. The lowest BCUT2D eigenvalue weighted by atomic mass is 9.47. The van der Waals surface area contributed by atoms with E-state index in [0.29, 0.717) is 12.3 Å². The van der Waals surface area contributed by atoms with E-state index in [4.69, 9.17) is 4.74 Å². The summed E-state index contributed by atoms with van der Waals surface area (Å²) < 4.78 is 5.73. The lowest BCUT2D eigenvalue weighted by Gasteiger charge is -2.58. The van der Waals surface area contributed by atoms with E-state index in [2.05, 4.69) is 56.8 Å². The first-order valence-electron chi connectivity index (χ1n) is 12.3. The molecule has 0 aromatic heterocycles. The third-order valence-electron chi connectivity index (χ3n) is 9.11. The Morgan fingerprint density at radius 2 is 1.97 bits per heavy atom. The molecule has 0 bridgehead atoms. The van der Waals surface area contributed by atoms with Crippen molar-refractivity contribution in [1.29, 1.82) is 0 Å². The van der Waals surface area contributed by atoms with Gasteiger partial charge in [0.05, 0.1) is 0 Å². The number of nitrogens with zero attached hydrogens (tertiary/aromatic N) is 1. The van der Waals surface area contributed by atoms with Crippen molar-refractivity contribution in [3.05, 3.63) is 47.2 Å². The van der Waals surface area contributed by atoms with Crippen molar-refractivity contribution in [3.8, 4) is 0 Å². The highest BCUT2D eigenvalue weighted by Gasteiger charge is 2.57. The normalized spacial score (nSPS) is 39.8. The van der Waals surface area contributed by atoms with Crippen LogP contribution in [0.15, 0.2) is 52.2 Å². The first-order valence-corrected chi connectivity index (χ1v) is 12.3. The Hall–Kier alpha value is -1.90. The average Bonchev–Trinajstić information content (AvgIpc) is 3.11. The quantitative estimate of drug-likeness (QED) is 0.208. The molecular weight excluding hydrogens is 382 g/mol. The van der Waals surface area contributed by atoms with Gasteiger partial charge in [0.15, 0.2) is 0 Å². The van der Waals surface area contributed by atoms with E-state index < -0.39 is 0 Å². The highest BCUT2D eigenvalue weighted by Crippen LogP contribution is 2.65. The number of ether oxygens (including phenoxy) is 1. The molecule has 168 valence electrons. The fourth-order valence-electron chi connectivity index (χ4n) is 7.49. The summed E-state index contributed by atoms with van der Waals surface area (Å²) in [7, 11) is 0. The zero-order valence-electron chi connectivity index (χ0n) is 19.8. The molecule has 0 amide bonds. The lowest BCUT2D eigenvalue weighted by molar-refractivity contribution is -0.151. The summed E-state index contributed by atoms with van der Waals surface area (Å²) in [6.45, 7) is 12.7. The van der Waals surface area contributed by atoms with Crippen LogP contribution in [-0.2, 0) is 9.53 Å². The van der Waals surface area contributed by atoms with E-state index in [-0.39, 0.29) is 22.9 Å². The third-order valence-corrected chi connectivity index (χ3v) is 9.11. The smallest absolute Gasteiger partial charge is 0.305 e. The maximum atomic E-state index is 11.8. The molecule has 6 unspecified atom stereocenters. The van der Waals surface area contributed by atoms with E-state index in [9.17, 15) is 4.79 Å². The number of esters is 1. The Labute approximate surface area is 188 Å². The molecule has 4 aliphatic carbocycles. The van der Waals surface area contributed by atoms with Crippen molar-refractivity contribution in [2.24, 2.45) is 33.6 Å². The van der Waals surface area contributed by atoms with Crippen molar-refractivity contribution in [2.75, 3.05) is 0 Å². The number of hydrogen-bond acceptors (Lipinski definition) is 3. The second-order valence-electron chi connectivity index (χ2n) is 10.5. The van der Waals surface area contributed by atoms with Crippen LogP contribution < -0.4 is 0 Å². The van der Waals surface area contributed by atoms with E-state index in [0.717, 1.165) is 31.1 Å². The molecule has 0 saturated heterocycles. The zero-order valence-corrected chi connectivity index (χ0v) is 19.8.